The highest BCUT2D eigenvalue weighted by molar-refractivity contribution is 5.13. The predicted octanol–water partition coefficient (Wildman–Crippen LogP) is 1.80. The largest absolute Gasteiger partial charge is 0.391 e. The highest BCUT2D eigenvalue weighted by Crippen LogP contribution is 2.30. The Balaban J connectivity index is 2.05. The first-order chi connectivity index (χ1) is 6.66. The molecule has 0 bridgehead atoms. The SMILES string of the molecule is CC(C)/C=C1/C[C@@H](O)C2CCCN2C1. The molecule has 0 aliphatic carbocycles. The van der Waals surface area contributed by atoms with Crippen molar-refractivity contribution in [3.63, 3.8) is 0 Å². The van der Waals surface area contributed by atoms with Crippen molar-refractivity contribution < 1.29 is 5.11 Å². The van der Waals surface area contributed by atoms with E-state index in [9.17, 15) is 5.11 Å². The molecule has 14 heavy (non-hydrogen) atoms. The number of hydrogen-bond donors (Lipinski definition) is 1. The molecule has 2 rings (SSSR count). The van der Waals surface area contributed by atoms with E-state index < -0.39 is 0 Å². The van der Waals surface area contributed by atoms with E-state index in [0.29, 0.717) is 12.0 Å². The summed E-state index contributed by atoms with van der Waals surface area (Å²) in [5.74, 6) is 0.608. The molecule has 0 amide bonds. The highest BCUT2D eigenvalue weighted by atomic mass is 16.3. The lowest BCUT2D eigenvalue weighted by Gasteiger charge is -2.35. The molecule has 0 saturated carbocycles. The molecule has 2 nitrogen and oxygen atoms in total. The Kier molecular flexibility index (Phi) is 2.93. The van der Waals surface area contributed by atoms with Crippen LogP contribution in [0, 0.1) is 5.92 Å². The lowest BCUT2D eigenvalue weighted by atomic mass is 9.93. The van der Waals surface area contributed by atoms with Gasteiger partial charge in [0.15, 0.2) is 0 Å². The van der Waals surface area contributed by atoms with Gasteiger partial charge in [0.2, 0.25) is 0 Å². The van der Waals surface area contributed by atoms with Crippen molar-refractivity contribution in [2.75, 3.05) is 13.1 Å². The monoisotopic (exact) mass is 195 g/mol. The molecule has 2 aliphatic heterocycles. The third kappa shape index (κ3) is 2.01. The average molecular weight is 195 g/mol. The van der Waals surface area contributed by atoms with Crippen molar-refractivity contribution in [2.45, 2.75) is 45.3 Å². The van der Waals surface area contributed by atoms with Crippen LogP contribution >= 0.6 is 0 Å². The van der Waals surface area contributed by atoms with Crippen LogP contribution in [0.4, 0.5) is 0 Å². The smallest absolute Gasteiger partial charge is 0.0733 e. The van der Waals surface area contributed by atoms with Crippen LogP contribution in [-0.4, -0.2) is 35.2 Å². The van der Waals surface area contributed by atoms with E-state index in [1.165, 1.54) is 25.0 Å². The number of aliphatic hydroxyl groups excluding tert-OH is 1. The van der Waals surface area contributed by atoms with Crippen molar-refractivity contribution >= 4 is 0 Å². The topological polar surface area (TPSA) is 23.5 Å². The van der Waals surface area contributed by atoms with Gasteiger partial charge in [0, 0.05) is 12.6 Å². The van der Waals surface area contributed by atoms with Gasteiger partial charge in [-0.2, -0.15) is 0 Å². The lowest BCUT2D eigenvalue weighted by molar-refractivity contribution is 0.0559. The maximum absolute atomic E-state index is 9.98. The number of nitrogens with zero attached hydrogens (tertiary/aromatic N) is 1. The van der Waals surface area contributed by atoms with Gasteiger partial charge < -0.3 is 5.11 Å². The summed E-state index contributed by atoms with van der Waals surface area (Å²) in [6, 6.07) is 0.458. The molecular weight excluding hydrogens is 174 g/mol. The Labute approximate surface area is 86.6 Å². The van der Waals surface area contributed by atoms with Crippen molar-refractivity contribution in [3.8, 4) is 0 Å². The van der Waals surface area contributed by atoms with Gasteiger partial charge >= 0.3 is 0 Å². The van der Waals surface area contributed by atoms with Crippen LogP contribution in [0.1, 0.15) is 33.1 Å². The minimum absolute atomic E-state index is 0.115. The van der Waals surface area contributed by atoms with Gasteiger partial charge in [0.1, 0.15) is 0 Å². The quantitative estimate of drug-likeness (QED) is 0.645. The molecular formula is C12H21NO. The van der Waals surface area contributed by atoms with Crippen molar-refractivity contribution in [1.29, 1.82) is 0 Å². The zero-order valence-corrected chi connectivity index (χ0v) is 9.24. The fraction of sp³-hybridized carbons (Fsp3) is 0.833. The molecule has 2 heteroatoms. The normalized spacial score (nSPS) is 36.7. The summed E-state index contributed by atoms with van der Waals surface area (Å²) in [4.78, 5) is 2.45. The summed E-state index contributed by atoms with van der Waals surface area (Å²) in [6.45, 7) is 6.68. The zero-order valence-electron chi connectivity index (χ0n) is 9.24. The van der Waals surface area contributed by atoms with Gasteiger partial charge in [-0.1, -0.05) is 25.5 Å². The molecule has 2 saturated heterocycles. The summed E-state index contributed by atoms with van der Waals surface area (Å²) in [6.07, 6.45) is 5.56. The summed E-state index contributed by atoms with van der Waals surface area (Å²) >= 11 is 0. The molecule has 2 aliphatic rings. The summed E-state index contributed by atoms with van der Waals surface area (Å²) in [7, 11) is 0. The Bertz CT molecular complexity index is 234. The van der Waals surface area contributed by atoms with Crippen molar-refractivity contribution in [3.05, 3.63) is 11.6 Å². The molecule has 0 aromatic rings. The minimum atomic E-state index is -0.115. The molecule has 2 fully saturated rings. The first-order valence-electron chi connectivity index (χ1n) is 5.78. The molecule has 0 spiro atoms. The molecule has 2 atom stereocenters. The predicted molar refractivity (Wildman–Crippen MR) is 58.1 cm³/mol. The molecule has 0 radical (unpaired) electrons. The van der Waals surface area contributed by atoms with Crippen LogP contribution in [0.3, 0.4) is 0 Å². The average Bonchev–Trinajstić information content (AvgIpc) is 2.50. The molecule has 0 aromatic heterocycles. The number of piperidine rings is 1. The Hall–Kier alpha value is -0.340. The van der Waals surface area contributed by atoms with Crippen LogP contribution in [0.25, 0.3) is 0 Å². The molecule has 1 N–H and O–H groups in total. The fourth-order valence-electron chi connectivity index (χ4n) is 2.81. The van der Waals surface area contributed by atoms with Gasteiger partial charge in [-0.15, -0.1) is 0 Å². The molecule has 80 valence electrons. The van der Waals surface area contributed by atoms with E-state index >= 15 is 0 Å². The number of fused-ring (bicyclic) bond motifs is 1. The van der Waals surface area contributed by atoms with E-state index in [-0.39, 0.29) is 6.10 Å². The number of rotatable bonds is 1. The Morgan fingerprint density at radius 3 is 3.00 bits per heavy atom. The first kappa shape index (κ1) is 10.2. The van der Waals surface area contributed by atoms with Crippen LogP contribution in [0.5, 0.6) is 0 Å². The van der Waals surface area contributed by atoms with E-state index in [4.69, 9.17) is 0 Å². The fourth-order valence-corrected chi connectivity index (χ4v) is 2.81. The van der Waals surface area contributed by atoms with Gasteiger partial charge in [0.25, 0.3) is 0 Å². The third-order valence-corrected chi connectivity index (χ3v) is 3.30. The van der Waals surface area contributed by atoms with E-state index in [0.717, 1.165) is 13.0 Å². The first-order valence-corrected chi connectivity index (χ1v) is 5.78. The summed E-state index contributed by atoms with van der Waals surface area (Å²) in [5, 5.41) is 9.98. The van der Waals surface area contributed by atoms with E-state index in [2.05, 4.69) is 24.8 Å². The standard InChI is InChI=1S/C12H21NO/c1-9(2)6-10-7-12(14)11-4-3-5-13(11)8-10/h6,9,11-12,14H,3-5,7-8H2,1-2H3/b10-6-/t11?,12-/m1/s1. The highest BCUT2D eigenvalue weighted by Gasteiger charge is 2.35. The second kappa shape index (κ2) is 4.03. The molecule has 1 unspecified atom stereocenters. The van der Waals surface area contributed by atoms with Crippen LogP contribution in [0.15, 0.2) is 11.6 Å². The number of hydrogen-bond acceptors (Lipinski definition) is 2. The van der Waals surface area contributed by atoms with Crippen LogP contribution in [0.2, 0.25) is 0 Å². The lowest BCUT2D eigenvalue weighted by Crippen LogP contribution is -2.44. The second-order valence-electron chi connectivity index (χ2n) is 5.02. The summed E-state index contributed by atoms with van der Waals surface area (Å²) in [5.41, 5.74) is 1.44. The maximum Gasteiger partial charge on any atom is 0.0733 e. The van der Waals surface area contributed by atoms with Gasteiger partial charge in [-0.25, -0.2) is 0 Å². The minimum Gasteiger partial charge on any atom is -0.391 e. The number of aliphatic hydroxyl groups is 1. The Morgan fingerprint density at radius 1 is 1.50 bits per heavy atom. The van der Waals surface area contributed by atoms with E-state index in [1.807, 2.05) is 0 Å². The molecule has 0 aromatic carbocycles. The van der Waals surface area contributed by atoms with Gasteiger partial charge in [0.05, 0.1) is 6.10 Å². The van der Waals surface area contributed by atoms with Crippen molar-refractivity contribution in [2.24, 2.45) is 5.92 Å². The summed E-state index contributed by atoms with van der Waals surface area (Å²) < 4.78 is 0. The van der Waals surface area contributed by atoms with Crippen molar-refractivity contribution in [1.82, 2.24) is 4.90 Å². The van der Waals surface area contributed by atoms with Crippen LogP contribution < -0.4 is 0 Å². The van der Waals surface area contributed by atoms with E-state index in [1.54, 1.807) is 0 Å². The zero-order chi connectivity index (χ0) is 10.1. The van der Waals surface area contributed by atoms with Gasteiger partial charge in [-0.3, -0.25) is 4.90 Å². The number of allylic oxidation sites excluding steroid dienone is 1. The maximum atomic E-state index is 9.98. The van der Waals surface area contributed by atoms with Crippen LogP contribution in [-0.2, 0) is 0 Å². The molecule has 2 heterocycles. The second-order valence-corrected chi connectivity index (χ2v) is 5.02. The van der Waals surface area contributed by atoms with Gasteiger partial charge in [-0.05, 0) is 31.7 Å². The Morgan fingerprint density at radius 2 is 2.29 bits per heavy atom. The third-order valence-electron chi connectivity index (χ3n) is 3.30.